The summed E-state index contributed by atoms with van der Waals surface area (Å²) in [7, 11) is 0. The first-order chi connectivity index (χ1) is 7.31. The number of hydrogen-bond acceptors (Lipinski definition) is 2. The Labute approximate surface area is 96.1 Å². The number of aliphatic hydroxyl groups is 1. The number of thiophene rings is 1. The van der Waals surface area contributed by atoms with Gasteiger partial charge in [0, 0.05) is 9.75 Å². The Hall–Kier alpha value is -0.340. The Morgan fingerprint density at radius 1 is 1.40 bits per heavy atom. The van der Waals surface area contributed by atoms with Gasteiger partial charge in [-0.1, -0.05) is 26.2 Å². The van der Waals surface area contributed by atoms with Crippen molar-refractivity contribution < 1.29 is 5.11 Å². The molecule has 1 atom stereocenters. The zero-order valence-corrected chi connectivity index (χ0v) is 10.3. The Balaban J connectivity index is 1.91. The molecule has 1 aromatic heterocycles. The molecule has 0 aliphatic heterocycles. The van der Waals surface area contributed by atoms with Crippen molar-refractivity contribution >= 4 is 11.3 Å². The van der Waals surface area contributed by atoms with Gasteiger partial charge in [0.1, 0.15) is 0 Å². The monoisotopic (exact) mass is 224 g/mol. The summed E-state index contributed by atoms with van der Waals surface area (Å²) < 4.78 is 0. The molecule has 1 aliphatic carbocycles. The molecular formula is C13H20OS. The van der Waals surface area contributed by atoms with E-state index in [1.807, 2.05) is 11.3 Å². The van der Waals surface area contributed by atoms with Crippen molar-refractivity contribution in [1.82, 2.24) is 0 Å². The number of unbranched alkanes of at least 4 members (excludes halogenated alkanes) is 2. The van der Waals surface area contributed by atoms with Crippen molar-refractivity contribution in [2.45, 2.75) is 58.0 Å². The lowest BCUT2D eigenvalue weighted by Gasteiger charge is -2.07. The SMILES string of the molecule is CCCCCC(O)c1cc2c(s1)CCC2. The minimum absolute atomic E-state index is 0.202. The van der Waals surface area contributed by atoms with E-state index < -0.39 is 0 Å². The van der Waals surface area contributed by atoms with Crippen LogP contribution in [0.4, 0.5) is 0 Å². The quantitative estimate of drug-likeness (QED) is 0.753. The molecule has 0 bridgehead atoms. The van der Waals surface area contributed by atoms with Gasteiger partial charge in [-0.05, 0) is 37.3 Å². The summed E-state index contributed by atoms with van der Waals surface area (Å²) in [6.45, 7) is 2.20. The van der Waals surface area contributed by atoms with Crippen LogP contribution < -0.4 is 0 Å². The molecule has 0 saturated carbocycles. The first-order valence-electron chi connectivity index (χ1n) is 6.10. The largest absolute Gasteiger partial charge is 0.388 e. The van der Waals surface area contributed by atoms with E-state index in [1.54, 1.807) is 0 Å². The van der Waals surface area contributed by atoms with Gasteiger partial charge in [0.25, 0.3) is 0 Å². The fourth-order valence-corrected chi connectivity index (χ4v) is 3.52. The van der Waals surface area contributed by atoms with Gasteiger partial charge < -0.3 is 5.11 Å². The van der Waals surface area contributed by atoms with E-state index in [-0.39, 0.29) is 6.10 Å². The zero-order valence-electron chi connectivity index (χ0n) is 9.46. The van der Waals surface area contributed by atoms with Crippen LogP contribution in [0.2, 0.25) is 0 Å². The summed E-state index contributed by atoms with van der Waals surface area (Å²) >= 11 is 1.84. The third-order valence-electron chi connectivity index (χ3n) is 3.18. The normalized spacial score (nSPS) is 16.7. The lowest BCUT2D eigenvalue weighted by atomic mass is 10.1. The van der Waals surface area contributed by atoms with E-state index in [2.05, 4.69) is 13.0 Å². The summed E-state index contributed by atoms with van der Waals surface area (Å²) in [6.07, 6.45) is 8.14. The van der Waals surface area contributed by atoms with Crippen LogP contribution in [0.3, 0.4) is 0 Å². The number of hydrogen-bond donors (Lipinski definition) is 1. The summed E-state index contributed by atoms with van der Waals surface area (Å²) in [4.78, 5) is 2.73. The van der Waals surface area contributed by atoms with Gasteiger partial charge in [-0.3, -0.25) is 0 Å². The highest BCUT2D eigenvalue weighted by Gasteiger charge is 2.18. The first-order valence-corrected chi connectivity index (χ1v) is 6.92. The lowest BCUT2D eigenvalue weighted by molar-refractivity contribution is 0.167. The summed E-state index contributed by atoms with van der Waals surface area (Å²) in [5, 5.41) is 10.0. The van der Waals surface area contributed by atoms with E-state index in [1.165, 1.54) is 47.4 Å². The highest BCUT2D eigenvalue weighted by Crippen LogP contribution is 2.35. The van der Waals surface area contributed by atoms with E-state index in [9.17, 15) is 5.11 Å². The molecule has 0 radical (unpaired) electrons. The molecule has 15 heavy (non-hydrogen) atoms. The van der Waals surface area contributed by atoms with Crippen molar-refractivity contribution in [2.75, 3.05) is 0 Å². The van der Waals surface area contributed by atoms with Gasteiger partial charge >= 0.3 is 0 Å². The Morgan fingerprint density at radius 3 is 3.00 bits per heavy atom. The fraction of sp³-hybridized carbons (Fsp3) is 0.692. The Kier molecular flexibility index (Phi) is 3.81. The molecule has 1 heterocycles. The Morgan fingerprint density at radius 2 is 2.27 bits per heavy atom. The molecule has 2 heteroatoms. The fourth-order valence-electron chi connectivity index (χ4n) is 2.25. The van der Waals surface area contributed by atoms with Crippen LogP contribution in [0.25, 0.3) is 0 Å². The molecule has 1 nitrogen and oxygen atoms in total. The van der Waals surface area contributed by atoms with Crippen LogP contribution in [-0.2, 0) is 12.8 Å². The average molecular weight is 224 g/mol. The highest BCUT2D eigenvalue weighted by molar-refractivity contribution is 7.12. The van der Waals surface area contributed by atoms with Crippen LogP contribution in [0.5, 0.6) is 0 Å². The summed E-state index contributed by atoms with van der Waals surface area (Å²) in [5.41, 5.74) is 1.50. The van der Waals surface area contributed by atoms with E-state index >= 15 is 0 Å². The van der Waals surface area contributed by atoms with Crippen molar-refractivity contribution in [3.63, 3.8) is 0 Å². The standard InChI is InChI=1S/C13H20OS/c1-2-3-4-7-11(14)13-9-10-6-5-8-12(10)15-13/h9,11,14H,2-8H2,1H3. The average Bonchev–Trinajstić information content (AvgIpc) is 2.76. The highest BCUT2D eigenvalue weighted by atomic mass is 32.1. The summed E-state index contributed by atoms with van der Waals surface area (Å²) in [5.74, 6) is 0. The van der Waals surface area contributed by atoms with Crippen molar-refractivity contribution in [2.24, 2.45) is 0 Å². The van der Waals surface area contributed by atoms with Gasteiger partial charge in [-0.25, -0.2) is 0 Å². The van der Waals surface area contributed by atoms with Gasteiger partial charge in [0.2, 0.25) is 0 Å². The van der Waals surface area contributed by atoms with Crippen molar-refractivity contribution in [3.8, 4) is 0 Å². The maximum Gasteiger partial charge on any atom is 0.0882 e. The molecule has 84 valence electrons. The van der Waals surface area contributed by atoms with Crippen molar-refractivity contribution in [1.29, 1.82) is 0 Å². The molecule has 0 fully saturated rings. The molecule has 1 unspecified atom stereocenters. The van der Waals surface area contributed by atoms with Gasteiger partial charge in [0.15, 0.2) is 0 Å². The van der Waals surface area contributed by atoms with Crippen molar-refractivity contribution in [3.05, 3.63) is 21.4 Å². The number of rotatable bonds is 5. The molecule has 1 aliphatic rings. The molecule has 0 spiro atoms. The molecular weight excluding hydrogens is 204 g/mol. The maximum atomic E-state index is 10.0. The summed E-state index contributed by atoms with van der Waals surface area (Å²) in [6, 6.07) is 2.24. The smallest absolute Gasteiger partial charge is 0.0882 e. The third kappa shape index (κ3) is 2.61. The second-order valence-electron chi connectivity index (χ2n) is 4.46. The van der Waals surface area contributed by atoms with Gasteiger partial charge in [0.05, 0.1) is 6.10 Å². The van der Waals surface area contributed by atoms with Gasteiger partial charge in [-0.15, -0.1) is 11.3 Å². The van der Waals surface area contributed by atoms with Crippen LogP contribution in [0, 0.1) is 0 Å². The third-order valence-corrected chi connectivity index (χ3v) is 4.51. The number of aryl methyl sites for hydroxylation is 2. The predicted molar refractivity (Wildman–Crippen MR) is 65.4 cm³/mol. The molecule has 0 amide bonds. The predicted octanol–water partition coefficient (Wildman–Crippen LogP) is 3.85. The molecule has 0 aromatic carbocycles. The number of fused-ring (bicyclic) bond motifs is 1. The van der Waals surface area contributed by atoms with E-state index in [0.717, 1.165) is 12.8 Å². The lowest BCUT2D eigenvalue weighted by Crippen LogP contribution is -1.94. The van der Waals surface area contributed by atoms with Crippen LogP contribution in [-0.4, -0.2) is 5.11 Å². The van der Waals surface area contributed by atoms with Crippen LogP contribution in [0.1, 0.15) is 60.4 Å². The number of aliphatic hydroxyl groups excluding tert-OH is 1. The molecule has 1 N–H and O–H groups in total. The molecule has 1 aromatic rings. The van der Waals surface area contributed by atoms with Crippen LogP contribution >= 0.6 is 11.3 Å². The van der Waals surface area contributed by atoms with Crippen LogP contribution in [0.15, 0.2) is 6.07 Å². The minimum Gasteiger partial charge on any atom is -0.388 e. The Bertz CT molecular complexity index is 295. The van der Waals surface area contributed by atoms with E-state index in [0.29, 0.717) is 0 Å². The minimum atomic E-state index is -0.202. The first kappa shape index (κ1) is 11.2. The topological polar surface area (TPSA) is 20.2 Å². The second-order valence-corrected chi connectivity index (χ2v) is 5.63. The van der Waals surface area contributed by atoms with Gasteiger partial charge in [-0.2, -0.15) is 0 Å². The maximum absolute atomic E-state index is 10.0. The molecule has 0 saturated heterocycles. The second kappa shape index (κ2) is 5.13. The van der Waals surface area contributed by atoms with E-state index in [4.69, 9.17) is 0 Å². The molecule has 2 rings (SSSR count). The zero-order chi connectivity index (χ0) is 10.7.